The average molecular weight is 437 g/mol. The maximum atomic E-state index is 12.8. The van der Waals surface area contributed by atoms with Crippen LogP contribution in [0, 0.1) is 5.92 Å². The van der Waals surface area contributed by atoms with Crippen molar-refractivity contribution in [3.63, 3.8) is 0 Å². The molecule has 0 radical (unpaired) electrons. The first-order valence-electron chi connectivity index (χ1n) is 10.8. The number of hydrogen-bond acceptors (Lipinski definition) is 5. The van der Waals surface area contributed by atoms with E-state index in [2.05, 4.69) is 10.3 Å². The van der Waals surface area contributed by atoms with Crippen LogP contribution in [-0.4, -0.2) is 60.0 Å². The number of imidazole rings is 1. The summed E-state index contributed by atoms with van der Waals surface area (Å²) in [5.41, 5.74) is 2.25. The number of nitrogens with one attached hydrogen (secondary N) is 1. The van der Waals surface area contributed by atoms with Crippen LogP contribution in [-0.2, 0) is 11.2 Å². The summed E-state index contributed by atoms with van der Waals surface area (Å²) in [6, 6.07) is 11.4. The Morgan fingerprint density at radius 3 is 2.59 bits per heavy atom. The summed E-state index contributed by atoms with van der Waals surface area (Å²) in [5.74, 6) is 1.25. The number of carbonyl (C=O) groups is 2. The molecule has 1 saturated heterocycles. The summed E-state index contributed by atoms with van der Waals surface area (Å²) < 4.78 is 12.4. The number of ether oxygens (including phenoxy) is 2. The van der Waals surface area contributed by atoms with E-state index in [1.54, 1.807) is 25.3 Å². The fourth-order valence-electron chi connectivity index (χ4n) is 4.05. The molecular formula is C24H28N4O4. The van der Waals surface area contributed by atoms with Crippen molar-refractivity contribution in [2.45, 2.75) is 19.3 Å². The molecule has 32 heavy (non-hydrogen) atoms. The van der Waals surface area contributed by atoms with Crippen molar-refractivity contribution in [3.8, 4) is 11.5 Å². The Kier molecular flexibility index (Phi) is 6.58. The van der Waals surface area contributed by atoms with E-state index < -0.39 is 0 Å². The van der Waals surface area contributed by atoms with Gasteiger partial charge in [0.2, 0.25) is 5.91 Å². The number of rotatable bonds is 7. The van der Waals surface area contributed by atoms with Gasteiger partial charge in [0, 0.05) is 37.9 Å². The second kappa shape index (κ2) is 9.72. The summed E-state index contributed by atoms with van der Waals surface area (Å²) in [4.78, 5) is 31.6. The highest BCUT2D eigenvalue weighted by Crippen LogP contribution is 2.27. The van der Waals surface area contributed by atoms with Crippen LogP contribution in [0.5, 0.6) is 11.5 Å². The summed E-state index contributed by atoms with van der Waals surface area (Å²) >= 11 is 0. The lowest BCUT2D eigenvalue weighted by atomic mass is 9.95. The zero-order chi connectivity index (χ0) is 22.5. The highest BCUT2D eigenvalue weighted by Gasteiger charge is 2.28. The van der Waals surface area contributed by atoms with Gasteiger partial charge in [-0.15, -0.1) is 0 Å². The fraction of sp³-hybridized carbons (Fsp3) is 0.375. The minimum atomic E-state index is -0.0824. The van der Waals surface area contributed by atoms with Crippen molar-refractivity contribution < 1.29 is 19.1 Å². The molecule has 8 nitrogen and oxygen atoms in total. The number of hydrogen-bond donors (Lipinski definition) is 1. The Labute approximate surface area is 187 Å². The molecule has 8 heteroatoms. The number of pyridine rings is 1. The van der Waals surface area contributed by atoms with Crippen LogP contribution in [0.4, 0.5) is 0 Å². The maximum absolute atomic E-state index is 12.8. The molecule has 1 fully saturated rings. The highest BCUT2D eigenvalue weighted by atomic mass is 16.5. The number of amides is 2. The van der Waals surface area contributed by atoms with Gasteiger partial charge in [0.15, 0.2) is 11.5 Å². The summed E-state index contributed by atoms with van der Waals surface area (Å²) in [5, 5.41) is 3.03. The molecule has 1 aliphatic heterocycles. The second-order valence-electron chi connectivity index (χ2n) is 7.89. The minimum Gasteiger partial charge on any atom is -0.493 e. The predicted octanol–water partition coefficient (Wildman–Crippen LogP) is 2.56. The first-order valence-corrected chi connectivity index (χ1v) is 10.8. The van der Waals surface area contributed by atoms with E-state index >= 15 is 0 Å². The molecule has 0 bridgehead atoms. The molecule has 1 N–H and O–H groups in total. The van der Waals surface area contributed by atoms with Crippen LogP contribution in [0.2, 0.25) is 0 Å². The van der Waals surface area contributed by atoms with Gasteiger partial charge < -0.3 is 24.1 Å². The molecule has 0 aliphatic carbocycles. The molecule has 3 aromatic rings. The van der Waals surface area contributed by atoms with Crippen molar-refractivity contribution in [2.75, 3.05) is 33.9 Å². The average Bonchev–Trinajstić information content (AvgIpc) is 3.28. The molecule has 0 spiro atoms. The quantitative estimate of drug-likeness (QED) is 0.615. The van der Waals surface area contributed by atoms with E-state index in [0.717, 1.165) is 11.2 Å². The van der Waals surface area contributed by atoms with E-state index in [0.29, 0.717) is 56.1 Å². The van der Waals surface area contributed by atoms with Crippen LogP contribution in [0.15, 0.2) is 48.8 Å². The lowest BCUT2D eigenvalue weighted by Crippen LogP contribution is -2.43. The Morgan fingerprint density at radius 2 is 1.88 bits per heavy atom. The Bertz CT molecular complexity index is 1070. The Morgan fingerprint density at radius 1 is 1.09 bits per heavy atom. The largest absolute Gasteiger partial charge is 0.493 e. The molecule has 3 heterocycles. The van der Waals surface area contributed by atoms with Gasteiger partial charge in [-0.3, -0.25) is 9.59 Å². The first kappa shape index (κ1) is 21.7. The minimum absolute atomic E-state index is 0.0466. The van der Waals surface area contributed by atoms with Crippen molar-refractivity contribution >= 4 is 17.5 Å². The third kappa shape index (κ3) is 4.69. The zero-order valence-electron chi connectivity index (χ0n) is 18.4. The van der Waals surface area contributed by atoms with Gasteiger partial charge in [0.05, 0.1) is 14.2 Å². The number of benzene rings is 1. The van der Waals surface area contributed by atoms with E-state index in [1.165, 1.54) is 0 Å². The van der Waals surface area contributed by atoms with Gasteiger partial charge in [0.25, 0.3) is 5.91 Å². The molecule has 2 amide bonds. The van der Waals surface area contributed by atoms with Crippen molar-refractivity contribution in [1.29, 1.82) is 0 Å². The standard InChI is InChI=1S/C24H28N4O4/c1-31-20-7-6-17(15-21(20)32-2)8-11-25-23(29)18-9-13-27(14-10-18)24(30)19-16-28-12-4-3-5-22(28)26-19/h3-7,12,15-16,18H,8-11,13-14H2,1-2H3,(H,25,29). The fourth-order valence-corrected chi connectivity index (χ4v) is 4.05. The number of nitrogens with zero attached hydrogens (tertiary/aromatic N) is 3. The second-order valence-corrected chi connectivity index (χ2v) is 7.89. The Hall–Kier alpha value is -3.55. The van der Waals surface area contributed by atoms with Crippen molar-refractivity contribution in [3.05, 3.63) is 60.0 Å². The van der Waals surface area contributed by atoms with Crippen molar-refractivity contribution in [2.24, 2.45) is 5.92 Å². The van der Waals surface area contributed by atoms with Crippen LogP contribution < -0.4 is 14.8 Å². The first-order chi connectivity index (χ1) is 15.6. The van der Waals surface area contributed by atoms with E-state index in [-0.39, 0.29) is 17.7 Å². The number of aromatic nitrogens is 2. The van der Waals surface area contributed by atoms with Crippen LogP contribution in [0.25, 0.3) is 5.65 Å². The molecular weight excluding hydrogens is 408 g/mol. The molecule has 4 rings (SSSR count). The Balaban J connectivity index is 1.25. The van der Waals surface area contributed by atoms with E-state index in [1.807, 2.05) is 47.0 Å². The molecule has 0 atom stereocenters. The smallest absolute Gasteiger partial charge is 0.274 e. The topological polar surface area (TPSA) is 85.2 Å². The third-order valence-corrected chi connectivity index (χ3v) is 5.90. The normalized spacial score (nSPS) is 14.4. The predicted molar refractivity (Wildman–Crippen MR) is 120 cm³/mol. The maximum Gasteiger partial charge on any atom is 0.274 e. The van der Waals surface area contributed by atoms with Crippen LogP contribution >= 0.6 is 0 Å². The molecule has 0 saturated carbocycles. The SMILES string of the molecule is COc1ccc(CCNC(=O)C2CCN(C(=O)c3cn4ccccc4n3)CC2)cc1OC. The lowest BCUT2D eigenvalue weighted by molar-refractivity contribution is -0.126. The molecule has 0 unspecified atom stereocenters. The van der Waals surface area contributed by atoms with Crippen molar-refractivity contribution in [1.82, 2.24) is 19.6 Å². The van der Waals surface area contributed by atoms with Gasteiger partial charge in [-0.1, -0.05) is 12.1 Å². The monoisotopic (exact) mass is 436 g/mol. The summed E-state index contributed by atoms with van der Waals surface area (Å²) in [6.45, 7) is 1.66. The third-order valence-electron chi connectivity index (χ3n) is 5.90. The highest BCUT2D eigenvalue weighted by molar-refractivity contribution is 5.93. The van der Waals surface area contributed by atoms with Gasteiger partial charge in [-0.25, -0.2) is 4.98 Å². The van der Waals surface area contributed by atoms with Gasteiger partial charge in [-0.2, -0.15) is 0 Å². The number of fused-ring (bicyclic) bond motifs is 1. The lowest BCUT2D eigenvalue weighted by Gasteiger charge is -2.30. The number of methoxy groups -OCH3 is 2. The zero-order valence-corrected chi connectivity index (χ0v) is 18.4. The number of likely N-dealkylation sites (tertiary alicyclic amines) is 1. The van der Waals surface area contributed by atoms with E-state index in [9.17, 15) is 9.59 Å². The molecule has 1 aromatic carbocycles. The van der Waals surface area contributed by atoms with Crippen LogP contribution in [0.1, 0.15) is 28.9 Å². The van der Waals surface area contributed by atoms with Crippen LogP contribution in [0.3, 0.4) is 0 Å². The molecule has 1 aliphatic rings. The molecule has 2 aromatic heterocycles. The summed E-state index contributed by atoms with van der Waals surface area (Å²) in [7, 11) is 3.21. The van der Waals surface area contributed by atoms with Gasteiger partial charge in [0.1, 0.15) is 11.3 Å². The van der Waals surface area contributed by atoms with E-state index in [4.69, 9.17) is 9.47 Å². The molecule has 168 valence electrons. The van der Waals surface area contributed by atoms with Gasteiger partial charge in [-0.05, 0) is 49.1 Å². The summed E-state index contributed by atoms with van der Waals surface area (Å²) in [6.07, 6.45) is 5.64. The number of piperidine rings is 1. The van der Waals surface area contributed by atoms with Gasteiger partial charge >= 0.3 is 0 Å². The number of carbonyl (C=O) groups excluding carboxylic acids is 2.